The van der Waals surface area contributed by atoms with Crippen molar-refractivity contribution in [2.24, 2.45) is 5.92 Å². The first-order chi connectivity index (χ1) is 13.7. The zero-order valence-electron chi connectivity index (χ0n) is 15.7. The first kappa shape index (κ1) is 18.9. The number of carbonyl (C=O) groups excluding carboxylic acids is 1. The van der Waals surface area contributed by atoms with E-state index in [0.717, 1.165) is 54.9 Å². The summed E-state index contributed by atoms with van der Waals surface area (Å²) in [6, 6.07) is 14.7. The number of para-hydroxylation sites is 1. The number of piperidine rings is 1. The van der Waals surface area contributed by atoms with E-state index >= 15 is 0 Å². The number of likely N-dealkylation sites (tertiary alicyclic amines) is 1. The van der Waals surface area contributed by atoms with Crippen molar-refractivity contribution in [3.8, 4) is 11.5 Å². The number of ether oxygens (including phenoxy) is 1. The van der Waals surface area contributed by atoms with Gasteiger partial charge in [-0.05, 0) is 68.8 Å². The van der Waals surface area contributed by atoms with Crippen molar-refractivity contribution in [2.75, 3.05) is 26.2 Å². The molecule has 1 N–H and O–H groups in total. The Morgan fingerprint density at radius 3 is 2.64 bits per heavy atom. The van der Waals surface area contributed by atoms with Gasteiger partial charge in [0.1, 0.15) is 11.5 Å². The molecule has 0 amide bonds. The molecule has 1 aromatic heterocycles. The van der Waals surface area contributed by atoms with Gasteiger partial charge < -0.3 is 14.7 Å². The number of hydrogen-bond donors (Lipinski definition) is 1. The molecule has 0 radical (unpaired) electrons. The molecule has 3 aromatic rings. The van der Waals surface area contributed by atoms with Gasteiger partial charge in [0.05, 0.1) is 16.8 Å². The summed E-state index contributed by atoms with van der Waals surface area (Å²) >= 11 is 1.51. The van der Waals surface area contributed by atoms with Gasteiger partial charge in [-0.1, -0.05) is 12.1 Å². The molecule has 1 saturated heterocycles. The number of nitrogens with zero attached hydrogens (tertiary/aromatic N) is 2. The third-order valence-electron chi connectivity index (χ3n) is 5.19. The predicted molar refractivity (Wildman–Crippen MR) is 111 cm³/mol. The van der Waals surface area contributed by atoms with Gasteiger partial charge in [0.2, 0.25) is 0 Å². The Balaban J connectivity index is 1.21. The van der Waals surface area contributed by atoms with Crippen LogP contribution in [-0.4, -0.2) is 47.0 Å². The van der Waals surface area contributed by atoms with Crippen molar-refractivity contribution in [3.63, 3.8) is 0 Å². The minimum atomic E-state index is 0.0880. The number of aromatic hydroxyl groups is 1. The maximum atomic E-state index is 12.8. The second-order valence-electron chi connectivity index (χ2n) is 7.16. The van der Waals surface area contributed by atoms with E-state index in [1.54, 1.807) is 24.3 Å². The number of carbonyl (C=O) groups is 1. The number of phenols is 1. The van der Waals surface area contributed by atoms with E-state index in [2.05, 4.69) is 9.88 Å². The molecule has 5 nitrogen and oxygen atoms in total. The lowest BCUT2D eigenvalue weighted by Crippen LogP contribution is -2.37. The molecule has 2 heterocycles. The number of fused-ring (bicyclic) bond motifs is 1. The number of Topliss-reactive ketones (excluding diaryl/α,β-unsaturated/α-hetero) is 1. The minimum absolute atomic E-state index is 0.0880. The molecular weight excluding hydrogens is 372 g/mol. The number of phenolic OH excluding ortho intramolecular Hbond substituents is 1. The summed E-state index contributed by atoms with van der Waals surface area (Å²) in [5.41, 5.74) is 0.918. The molecule has 0 saturated carbocycles. The molecule has 1 fully saturated rings. The van der Waals surface area contributed by atoms with Crippen LogP contribution in [-0.2, 0) is 0 Å². The minimum Gasteiger partial charge on any atom is -0.508 e. The van der Waals surface area contributed by atoms with Crippen molar-refractivity contribution in [1.82, 2.24) is 9.88 Å². The van der Waals surface area contributed by atoms with Gasteiger partial charge in [-0.3, -0.25) is 4.79 Å². The van der Waals surface area contributed by atoms with Gasteiger partial charge in [0.15, 0.2) is 10.8 Å². The Morgan fingerprint density at radius 2 is 1.89 bits per heavy atom. The molecule has 6 heteroatoms. The Bertz CT molecular complexity index is 897. The molecule has 0 spiro atoms. The van der Waals surface area contributed by atoms with Crippen molar-refractivity contribution in [3.05, 3.63) is 53.5 Å². The average Bonchev–Trinajstić information content (AvgIpc) is 3.17. The van der Waals surface area contributed by atoms with Gasteiger partial charge in [-0.25, -0.2) is 4.98 Å². The fraction of sp³-hybridized carbons (Fsp3) is 0.364. The highest BCUT2D eigenvalue weighted by atomic mass is 32.1. The molecule has 0 atom stereocenters. The first-order valence-corrected chi connectivity index (χ1v) is 10.5. The largest absolute Gasteiger partial charge is 0.508 e. The lowest BCUT2D eigenvalue weighted by Gasteiger charge is -2.30. The van der Waals surface area contributed by atoms with E-state index in [9.17, 15) is 9.90 Å². The van der Waals surface area contributed by atoms with Gasteiger partial charge in [-0.15, -0.1) is 11.3 Å². The molecule has 2 aromatic carbocycles. The summed E-state index contributed by atoms with van der Waals surface area (Å²) in [6.07, 6.45) is 2.73. The molecule has 1 aliphatic rings. The molecule has 146 valence electrons. The van der Waals surface area contributed by atoms with Gasteiger partial charge in [0.25, 0.3) is 0 Å². The molecule has 0 unspecified atom stereocenters. The van der Waals surface area contributed by atoms with E-state index in [4.69, 9.17) is 4.74 Å². The smallest absolute Gasteiger partial charge is 0.194 e. The van der Waals surface area contributed by atoms with Crippen molar-refractivity contribution in [1.29, 1.82) is 0 Å². The quantitative estimate of drug-likeness (QED) is 0.475. The highest BCUT2D eigenvalue weighted by molar-refractivity contribution is 7.20. The van der Waals surface area contributed by atoms with Crippen LogP contribution >= 0.6 is 11.3 Å². The fourth-order valence-corrected chi connectivity index (χ4v) is 4.58. The third kappa shape index (κ3) is 4.51. The monoisotopic (exact) mass is 396 g/mol. The second-order valence-corrected chi connectivity index (χ2v) is 8.19. The molecule has 0 bridgehead atoms. The van der Waals surface area contributed by atoms with Crippen LogP contribution in [0, 0.1) is 5.92 Å². The average molecular weight is 397 g/mol. The Kier molecular flexibility index (Phi) is 5.88. The second kappa shape index (κ2) is 8.71. The number of rotatable bonds is 7. The molecular formula is C22H24N2O3S. The van der Waals surface area contributed by atoms with Crippen LogP contribution in [0.1, 0.15) is 29.1 Å². The Morgan fingerprint density at radius 1 is 1.14 bits per heavy atom. The van der Waals surface area contributed by atoms with Crippen LogP contribution < -0.4 is 4.74 Å². The van der Waals surface area contributed by atoms with E-state index in [1.807, 2.05) is 24.3 Å². The van der Waals surface area contributed by atoms with Crippen LogP contribution in [0.25, 0.3) is 10.2 Å². The summed E-state index contributed by atoms with van der Waals surface area (Å²) in [6.45, 7) is 3.51. The maximum absolute atomic E-state index is 12.8. The van der Waals surface area contributed by atoms with Crippen molar-refractivity contribution in [2.45, 2.75) is 19.3 Å². The van der Waals surface area contributed by atoms with Crippen LogP contribution in [0.3, 0.4) is 0 Å². The summed E-state index contributed by atoms with van der Waals surface area (Å²) in [7, 11) is 0. The first-order valence-electron chi connectivity index (χ1n) is 9.73. The van der Waals surface area contributed by atoms with Crippen LogP contribution in [0.2, 0.25) is 0 Å². The van der Waals surface area contributed by atoms with E-state index in [-0.39, 0.29) is 17.5 Å². The summed E-state index contributed by atoms with van der Waals surface area (Å²) in [5, 5.41) is 9.93. The van der Waals surface area contributed by atoms with Gasteiger partial charge in [0, 0.05) is 12.5 Å². The number of thiazole rings is 1. The number of benzene rings is 2. The Hall–Kier alpha value is -2.44. The highest BCUT2D eigenvalue weighted by Crippen LogP contribution is 2.27. The van der Waals surface area contributed by atoms with Crippen molar-refractivity contribution < 1.29 is 14.6 Å². The molecule has 1 aliphatic heterocycles. The predicted octanol–water partition coefficient (Wildman–Crippen LogP) is 4.37. The standard InChI is InChI=1S/C22H24N2O3S/c25-17-6-8-18(9-7-17)27-15-3-12-24-13-10-16(11-14-24)21(26)22-23-19-4-1-2-5-20(19)28-22/h1-2,4-9,16,25H,3,10-15H2. The normalized spacial score (nSPS) is 15.7. The SMILES string of the molecule is O=C(c1nc2ccccc2s1)C1CCN(CCCOc2ccc(O)cc2)CC1. The number of ketones is 1. The zero-order chi connectivity index (χ0) is 19.3. The highest BCUT2D eigenvalue weighted by Gasteiger charge is 2.27. The Labute approximate surface area is 168 Å². The molecule has 4 rings (SSSR count). The molecule has 0 aliphatic carbocycles. The molecule has 28 heavy (non-hydrogen) atoms. The van der Waals surface area contributed by atoms with Crippen LogP contribution in [0.4, 0.5) is 0 Å². The van der Waals surface area contributed by atoms with Crippen molar-refractivity contribution >= 4 is 27.3 Å². The lowest BCUT2D eigenvalue weighted by molar-refractivity contribution is 0.0835. The maximum Gasteiger partial charge on any atom is 0.194 e. The fourth-order valence-electron chi connectivity index (χ4n) is 3.59. The van der Waals surface area contributed by atoms with Crippen LogP contribution in [0.15, 0.2) is 48.5 Å². The topological polar surface area (TPSA) is 62.7 Å². The summed E-state index contributed by atoms with van der Waals surface area (Å²) in [4.78, 5) is 19.7. The summed E-state index contributed by atoms with van der Waals surface area (Å²) in [5.74, 6) is 1.31. The third-order valence-corrected chi connectivity index (χ3v) is 6.24. The number of hydrogen-bond acceptors (Lipinski definition) is 6. The van der Waals surface area contributed by atoms with Crippen LogP contribution in [0.5, 0.6) is 11.5 Å². The van der Waals surface area contributed by atoms with Gasteiger partial charge in [-0.2, -0.15) is 0 Å². The number of aromatic nitrogens is 1. The summed E-state index contributed by atoms with van der Waals surface area (Å²) < 4.78 is 6.78. The van der Waals surface area contributed by atoms with E-state index in [1.165, 1.54) is 11.3 Å². The van der Waals surface area contributed by atoms with E-state index < -0.39 is 0 Å². The lowest BCUT2D eigenvalue weighted by atomic mass is 9.92. The van der Waals surface area contributed by atoms with Gasteiger partial charge >= 0.3 is 0 Å². The van der Waals surface area contributed by atoms with E-state index in [0.29, 0.717) is 11.6 Å². The zero-order valence-corrected chi connectivity index (χ0v) is 16.5.